The number of anilines is 2. The maximum absolute atomic E-state index is 6.80. The van der Waals surface area contributed by atoms with E-state index in [4.69, 9.17) is 10.7 Å². The second-order valence-corrected chi connectivity index (χ2v) is 9.03. The summed E-state index contributed by atoms with van der Waals surface area (Å²) in [6.07, 6.45) is 0. The molecule has 28 heavy (non-hydrogen) atoms. The van der Waals surface area contributed by atoms with E-state index in [9.17, 15) is 0 Å². The van der Waals surface area contributed by atoms with E-state index in [1.807, 2.05) is 0 Å². The van der Waals surface area contributed by atoms with Crippen LogP contribution >= 0.6 is 11.3 Å². The first-order valence-corrected chi connectivity index (χ1v) is 10.8. The van der Waals surface area contributed by atoms with Gasteiger partial charge in [0.15, 0.2) is 0 Å². The van der Waals surface area contributed by atoms with Gasteiger partial charge in [0.25, 0.3) is 0 Å². The second-order valence-electron chi connectivity index (χ2n) is 8.17. The van der Waals surface area contributed by atoms with Crippen molar-refractivity contribution in [3.05, 3.63) is 40.8 Å². The highest BCUT2D eigenvalue weighted by Crippen LogP contribution is 2.41. The largest absolute Gasteiger partial charge is 0.369 e. The molecule has 1 aromatic carbocycles. The van der Waals surface area contributed by atoms with Crippen LogP contribution in [0.4, 0.5) is 16.4 Å². The van der Waals surface area contributed by atoms with Gasteiger partial charge < -0.3 is 26.2 Å². The molecule has 2 aliphatic heterocycles. The fourth-order valence-electron chi connectivity index (χ4n) is 3.85. The number of aliphatic imine (C=N–C) groups is 1. The van der Waals surface area contributed by atoms with Crippen molar-refractivity contribution in [1.82, 2.24) is 10.2 Å². The Bertz CT molecular complexity index is 864. The molecule has 0 saturated carbocycles. The lowest BCUT2D eigenvalue weighted by Gasteiger charge is -2.39. The molecular formula is C21H30N6S. The lowest BCUT2D eigenvalue weighted by atomic mass is 9.87. The molecular weight excluding hydrogens is 368 g/mol. The van der Waals surface area contributed by atoms with Crippen molar-refractivity contribution < 1.29 is 0 Å². The molecule has 3 heterocycles. The summed E-state index contributed by atoms with van der Waals surface area (Å²) in [5, 5.41) is 9.99. The summed E-state index contributed by atoms with van der Waals surface area (Å²) in [6, 6.07) is 8.58. The Kier molecular flexibility index (Phi) is 5.07. The van der Waals surface area contributed by atoms with Gasteiger partial charge in [0.05, 0.1) is 0 Å². The van der Waals surface area contributed by atoms with E-state index >= 15 is 0 Å². The van der Waals surface area contributed by atoms with Crippen molar-refractivity contribution in [2.24, 2.45) is 16.6 Å². The Morgan fingerprint density at radius 3 is 2.50 bits per heavy atom. The summed E-state index contributed by atoms with van der Waals surface area (Å²) in [5.74, 6) is 0.935. The molecule has 1 saturated heterocycles. The number of nitrogens with zero attached hydrogens (tertiary/aromatic N) is 3. The first-order valence-electron chi connectivity index (χ1n) is 9.91. The van der Waals surface area contributed by atoms with E-state index in [2.05, 4.69) is 77.9 Å². The molecule has 0 aliphatic carbocycles. The average molecular weight is 399 g/mol. The van der Waals surface area contributed by atoms with Crippen LogP contribution in [0.15, 0.2) is 34.6 Å². The molecule has 7 heteroatoms. The summed E-state index contributed by atoms with van der Waals surface area (Å²) in [7, 11) is 2.18. The van der Waals surface area contributed by atoms with Gasteiger partial charge in [-0.3, -0.25) is 0 Å². The lowest BCUT2D eigenvalue weighted by Crippen LogP contribution is -2.59. The van der Waals surface area contributed by atoms with E-state index in [-0.39, 0.29) is 5.92 Å². The van der Waals surface area contributed by atoms with Crippen molar-refractivity contribution >= 4 is 33.7 Å². The summed E-state index contributed by atoms with van der Waals surface area (Å²) < 4.78 is 0. The van der Waals surface area contributed by atoms with Gasteiger partial charge >= 0.3 is 0 Å². The van der Waals surface area contributed by atoms with Gasteiger partial charge in [0.2, 0.25) is 5.96 Å². The fourth-order valence-corrected chi connectivity index (χ4v) is 4.85. The van der Waals surface area contributed by atoms with Crippen LogP contribution in [-0.4, -0.2) is 44.1 Å². The number of likely N-dealkylation sites (N-methyl/N-ethyl adjacent to an activating group) is 1. The number of hydrogen-bond donors (Lipinski definition) is 3. The van der Waals surface area contributed by atoms with Crippen LogP contribution in [0, 0.1) is 12.8 Å². The van der Waals surface area contributed by atoms with Gasteiger partial charge in [-0.05, 0) is 55.1 Å². The van der Waals surface area contributed by atoms with Gasteiger partial charge in [-0.15, -0.1) is 11.3 Å². The van der Waals surface area contributed by atoms with Crippen LogP contribution in [-0.2, 0) is 5.66 Å². The molecule has 6 nitrogen and oxygen atoms in total. The molecule has 1 atom stereocenters. The summed E-state index contributed by atoms with van der Waals surface area (Å²) >= 11 is 1.65. The van der Waals surface area contributed by atoms with Crippen molar-refractivity contribution in [2.45, 2.75) is 26.4 Å². The van der Waals surface area contributed by atoms with Crippen LogP contribution < -0.4 is 21.3 Å². The Balaban J connectivity index is 1.52. The number of aryl methyl sites for hydroxylation is 1. The highest BCUT2D eigenvalue weighted by atomic mass is 32.1. The van der Waals surface area contributed by atoms with Crippen molar-refractivity contribution in [3.8, 4) is 0 Å². The highest BCUT2D eigenvalue weighted by molar-refractivity contribution is 7.14. The van der Waals surface area contributed by atoms with Crippen LogP contribution in [0.2, 0.25) is 0 Å². The minimum Gasteiger partial charge on any atom is -0.369 e. The number of nitrogens with two attached hydrogens (primary N) is 1. The van der Waals surface area contributed by atoms with Crippen molar-refractivity contribution in [1.29, 1.82) is 0 Å². The number of guanidine groups is 1. The highest BCUT2D eigenvalue weighted by Gasteiger charge is 2.39. The molecule has 0 bridgehead atoms. The Hall–Kier alpha value is -2.09. The van der Waals surface area contributed by atoms with Gasteiger partial charge in [-0.2, -0.15) is 0 Å². The van der Waals surface area contributed by atoms with E-state index in [1.54, 1.807) is 11.3 Å². The molecule has 2 aromatic rings. The zero-order valence-corrected chi connectivity index (χ0v) is 17.9. The second kappa shape index (κ2) is 7.39. The molecule has 1 unspecified atom stereocenters. The third kappa shape index (κ3) is 3.50. The minimum atomic E-state index is -0.622. The zero-order valence-electron chi connectivity index (χ0n) is 17.1. The van der Waals surface area contributed by atoms with Gasteiger partial charge in [-0.25, -0.2) is 4.99 Å². The molecule has 0 spiro atoms. The minimum absolute atomic E-state index is 0.228. The number of nitrogens with one attached hydrogen (secondary N) is 2. The topological polar surface area (TPSA) is 68.9 Å². The maximum Gasteiger partial charge on any atom is 0.203 e. The Morgan fingerprint density at radius 2 is 1.86 bits per heavy atom. The molecule has 0 radical (unpaired) electrons. The van der Waals surface area contributed by atoms with Crippen LogP contribution in [0.3, 0.4) is 0 Å². The van der Waals surface area contributed by atoms with E-state index in [1.165, 1.54) is 11.3 Å². The van der Waals surface area contributed by atoms with Crippen LogP contribution in [0.25, 0.3) is 0 Å². The SMILES string of the molecule is Cc1csc2c1C(N)(C(C)C)NC(Nc1ccc(N3CCN(C)CC3)cc1)=N2. The predicted molar refractivity (Wildman–Crippen MR) is 120 cm³/mol. The number of rotatable bonds is 3. The van der Waals surface area contributed by atoms with Crippen LogP contribution in [0.1, 0.15) is 25.0 Å². The molecule has 1 fully saturated rings. The molecule has 0 amide bonds. The average Bonchev–Trinajstić information content (AvgIpc) is 3.04. The standard InChI is InChI=1S/C21H30N6S/c1-14(2)21(22)18-15(3)13-28-19(18)24-20(25-21)23-16-5-7-17(8-6-16)27-11-9-26(4)10-12-27/h5-8,13-14H,9-12,22H2,1-4H3,(H2,23,24,25). The first kappa shape index (κ1) is 19.2. The van der Waals surface area contributed by atoms with Gasteiger partial charge in [0, 0.05) is 43.1 Å². The number of fused-ring (bicyclic) bond motifs is 1. The van der Waals surface area contributed by atoms with Crippen molar-refractivity contribution in [2.75, 3.05) is 43.4 Å². The molecule has 1 aromatic heterocycles. The Labute approximate surface area is 171 Å². The summed E-state index contributed by atoms with van der Waals surface area (Å²) in [5.41, 5.74) is 10.8. The third-order valence-corrected chi connectivity index (χ3v) is 6.81. The Morgan fingerprint density at radius 1 is 1.18 bits per heavy atom. The van der Waals surface area contributed by atoms with Crippen LogP contribution in [0.5, 0.6) is 0 Å². The summed E-state index contributed by atoms with van der Waals surface area (Å²) in [6.45, 7) is 10.7. The normalized spacial score (nSPS) is 22.6. The quantitative estimate of drug-likeness (QED) is 0.740. The zero-order chi connectivity index (χ0) is 19.9. The number of hydrogen-bond acceptors (Lipinski definition) is 7. The van der Waals surface area contributed by atoms with Crippen molar-refractivity contribution in [3.63, 3.8) is 0 Å². The number of benzene rings is 1. The number of thiophene rings is 1. The predicted octanol–water partition coefficient (Wildman–Crippen LogP) is 3.28. The van der Waals surface area contributed by atoms with E-state index in [0.717, 1.165) is 42.4 Å². The van der Waals surface area contributed by atoms with E-state index in [0.29, 0.717) is 5.96 Å². The monoisotopic (exact) mass is 398 g/mol. The summed E-state index contributed by atoms with van der Waals surface area (Å²) in [4.78, 5) is 9.58. The number of piperazine rings is 1. The lowest BCUT2D eigenvalue weighted by molar-refractivity contribution is 0.287. The maximum atomic E-state index is 6.80. The molecule has 150 valence electrons. The molecule has 4 rings (SSSR count). The first-order chi connectivity index (χ1) is 13.4. The van der Waals surface area contributed by atoms with Gasteiger partial charge in [0.1, 0.15) is 10.7 Å². The van der Waals surface area contributed by atoms with Gasteiger partial charge in [-0.1, -0.05) is 13.8 Å². The smallest absolute Gasteiger partial charge is 0.203 e. The van der Waals surface area contributed by atoms with E-state index < -0.39 is 5.66 Å². The third-order valence-electron chi connectivity index (χ3n) is 5.82. The molecule has 2 aliphatic rings. The fraction of sp³-hybridized carbons (Fsp3) is 0.476. The molecule has 4 N–H and O–H groups in total.